The van der Waals surface area contributed by atoms with Crippen molar-refractivity contribution in [2.75, 3.05) is 19.0 Å². The lowest BCUT2D eigenvalue weighted by Gasteiger charge is -2.29. The maximum atomic E-state index is 13.8. The van der Waals surface area contributed by atoms with E-state index in [1.165, 1.54) is 12.1 Å². The van der Waals surface area contributed by atoms with Gasteiger partial charge >= 0.3 is 0 Å². The third-order valence-corrected chi connectivity index (χ3v) is 2.95. The number of halogens is 1. The lowest BCUT2D eigenvalue weighted by molar-refractivity contribution is -0.154. The van der Waals surface area contributed by atoms with Gasteiger partial charge in [-0.15, -0.1) is 0 Å². The van der Waals surface area contributed by atoms with Gasteiger partial charge in [0.2, 0.25) is 11.6 Å². The van der Waals surface area contributed by atoms with Crippen molar-refractivity contribution >= 4 is 17.3 Å². The van der Waals surface area contributed by atoms with E-state index in [4.69, 9.17) is 0 Å². The molecule has 4 nitrogen and oxygen atoms in total. The molecular weight excluding hydrogens is 225 g/mol. The van der Waals surface area contributed by atoms with Crippen LogP contribution in [0.4, 0.5) is 10.1 Å². The number of carbonyl (C=O) groups is 2. The van der Waals surface area contributed by atoms with Crippen LogP contribution >= 0.6 is 0 Å². The van der Waals surface area contributed by atoms with Crippen LogP contribution in [0.3, 0.4) is 0 Å². The van der Waals surface area contributed by atoms with E-state index in [1.54, 1.807) is 25.1 Å². The van der Waals surface area contributed by atoms with Crippen LogP contribution in [-0.2, 0) is 9.59 Å². The summed E-state index contributed by atoms with van der Waals surface area (Å²) in [5.41, 5.74) is 0.728. The van der Waals surface area contributed by atoms with E-state index >= 15 is 0 Å². The minimum Gasteiger partial charge on any atom is -0.384 e. The average molecular weight is 237 g/mol. The zero-order valence-electron chi connectivity index (χ0n) is 9.48. The van der Waals surface area contributed by atoms with Gasteiger partial charge in [-0.05, 0) is 12.1 Å². The van der Waals surface area contributed by atoms with Gasteiger partial charge < -0.3 is 10.0 Å². The topological polar surface area (TPSA) is 57.6 Å². The van der Waals surface area contributed by atoms with Gasteiger partial charge in [-0.1, -0.05) is 6.07 Å². The summed E-state index contributed by atoms with van der Waals surface area (Å²) in [6.07, 6.45) is -1.40. The fourth-order valence-corrected chi connectivity index (χ4v) is 1.86. The molecule has 2 rings (SSSR count). The number of nitrogens with zero attached hydrogens (tertiary/aromatic N) is 1. The molecule has 0 radical (unpaired) electrons. The molecule has 5 heteroatoms. The van der Waals surface area contributed by atoms with Crippen LogP contribution < -0.4 is 4.90 Å². The Hall–Kier alpha value is -1.75. The van der Waals surface area contributed by atoms with Crippen molar-refractivity contribution in [3.8, 4) is 0 Å². The SMILES string of the molecule is CN(C)c1ccc(C2C(=O)C(=O)C2O)c(F)c1. The second kappa shape index (κ2) is 3.92. The van der Waals surface area contributed by atoms with E-state index in [0.717, 1.165) is 0 Å². The van der Waals surface area contributed by atoms with Gasteiger partial charge in [0.15, 0.2) is 0 Å². The van der Waals surface area contributed by atoms with E-state index in [2.05, 4.69) is 0 Å². The number of hydrogen-bond acceptors (Lipinski definition) is 4. The van der Waals surface area contributed by atoms with Crippen LogP contribution in [0.15, 0.2) is 18.2 Å². The number of Topliss-reactive ketones (excluding diaryl/α,β-unsaturated/α-hetero) is 2. The molecule has 0 aromatic heterocycles. The van der Waals surface area contributed by atoms with Crippen molar-refractivity contribution in [2.24, 2.45) is 0 Å². The van der Waals surface area contributed by atoms with Crippen molar-refractivity contribution in [3.63, 3.8) is 0 Å². The third kappa shape index (κ3) is 1.72. The Kier molecular flexibility index (Phi) is 2.71. The van der Waals surface area contributed by atoms with Crippen molar-refractivity contribution < 1.29 is 19.1 Å². The van der Waals surface area contributed by atoms with Gasteiger partial charge in [0.1, 0.15) is 11.9 Å². The predicted molar refractivity (Wildman–Crippen MR) is 59.5 cm³/mol. The summed E-state index contributed by atoms with van der Waals surface area (Å²) < 4.78 is 13.8. The Bertz CT molecular complexity index is 499. The van der Waals surface area contributed by atoms with Crippen LogP contribution in [0.25, 0.3) is 0 Å². The summed E-state index contributed by atoms with van der Waals surface area (Å²) in [7, 11) is 3.53. The van der Waals surface area contributed by atoms with Crippen molar-refractivity contribution in [1.82, 2.24) is 0 Å². The summed E-state index contributed by atoms with van der Waals surface area (Å²) in [6.45, 7) is 0. The van der Waals surface area contributed by atoms with Gasteiger partial charge in [0, 0.05) is 25.3 Å². The monoisotopic (exact) mass is 237 g/mol. The molecule has 1 fully saturated rings. The zero-order chi connectivity index (χ0) is 12.7. The minimum atomic E-state index is -1.40. The van der Waals surface area contributed by atoms with E-state index in [-0.39, 0.29) is 5.56 Å². The van der Waals surface area contributed by atoms with Gasteiger partial charge in [-0.2, -0.15) is 0 Å². The quantitative estimate of drug-likeness (QED) is 0.760. The van der Waals surface area contributed by atoms with Crippen molar-refractivity contribution in [2.45, 2.75) is 12.0 Å². The average Bonchev–Trinajstić information content (AvgIpc) is 2.30. The van der Waals surface area contributed by atoms with E-state index in [9.17, 15) is 19.1 Å². The predicted octanol–water partition coefficient (Wildman–Crippen LogP) is 0.488. The molecule has 1 aromatic carbocycles. The fourth-order valence-electron chi connectivity index (χ4n) is 1.86. The summed E-state index contributed by atoms with van der Waals surface area (Å²) in [4.78, 5) is 23.9. The molecule has 0 spiro atoms. The molecule has 1 aliphatic rings. The summed E-state index contributed by atoms with van der Waals surface area (Å²) in [5.74, 6) is -3.19. The van der Waals surface area contributed by atoms with E-state index in [0.29, 0.717) is 5.69 Å². The zero-order valence-corrected chi connectivity index (χ0v) is 9.48. The highest BCUT2D eigenvalue weighted by molar-refractivity contribution is 6.48. The number of rotatable bonds is 2. The Balaban J connectivity index is 2.35. The van der Waals surface area contributed by atoms with Crippen LogP contribution in [0.2, 0.25) is 0 Å². The van der Waals surface area contributed by atoms with Crippen molar-refractivity contribution in [3.05, 3.63) is 29.6 Å². The Morgan fingerprint density at radius 3 is 2.35 bits per heavy atom. The third-order valence-electron chi connectivity index (χ3n) is 2.95. The number of carbonyl (C=O) groups excluding carboxylic acids is 2. The first-order valence-electron chi connectivity index (χ1n) is 5.16. The molecule has 90 valence electrons. The molecule has 0 saturated heterocycles. The smallest absolute Gasteiger partial charge is 0.228 e. The first-order valence-corrected chi connectivity index (χ1v) is 5.16. The molecule has 2 unspecified atom stereocenters. The molecule has 1 N–H and O–H groups in total. The van der Waals surface area contributed by atoms with Gasteiger partial charge in [-0.3, -0.25) is 9.59 Å². The highest BCUT2D eigenvalue weighted by atomic mass is 19.1. The second-order valence-electron chi connectivity index (χ2n) is 4.25. The van der Waals surface area contributed by atoms with Crippen LogP contribution in [0, 0.1) is 5.82 Å². The minimum absolute atomic E-state index is 0.0766. The lowest BCUT2D eigenvalue weighted by Crippen LogP contribution is -2.51. The van der Waals surface area contributed by atoms with Crippen molar-refractivity contribution in [1.29, 1.82) is 0 Å². The highest BCUT2D eigenvalue weighted by Crippen LogP contribution is 2.33. The second-order valence-corrected chi connectivity index (χ2v) is 4.25. The maximum absolute atomic E-state index is 13.8. The molecule has 1 aliphatic carbocycles. The Morgan fingerprint density at radius 1 is 1.24 bits per heavy atom. The lowest BCUT2D eigenvalue weighted by atomic mass is 9.74. The molecule has 0 heterocycles. The summed E-state index contributed by atoms with van der Waals surface area (Å²) >= 11 is 0. The fraction of sp³-hybridized carbons (Fsp3) is 0.333. The summed E-state index contributed by atoms with van der Waals surface area (Å²) in [6, 6.07) is 4.35. The number of aliphatic hydroxyl groups is 1. The van der Waals surface area contributed by atoms with Gasteiger partial charge in [0.05, 0.1) is 5.92 Å². The van der Waals surface area contributed by atoms with Gasteiger partial charge in [-0.25, -0.2) is 4.39 Å². The molecular formula is C12H12FNO3. The number of aliphatic hydroxyl groups excluding tert-OH is 1. The maximum Gasteiger partial charge on any atom is 0.228 e. The number of hydrogen-bond donors (Lipinski definition) is 1. The first kappa shape index (κ1) is 11.7. The molecule has 0 bridgehead atoms. The normalized spacial score (nSPS) is 23.5. The van der Waals surface area contributed by atoms with Crippen LogP contribution in [-0.4, -0.2) is 36.9 Å². The highest BCUT2D eigenvalue weighted by Gasteiger charge is 2.49. The molecule has 1 saturated carbocycles. The molecule has 0 aliphatic heterocycles. The van der Waals surface area contributed by atoms with Crippen LogP contribution in [0.5, 0.6) is 0 Å². The van der Waals surface area contributed by atoms with E-state index in [1.807, 2.05) is 0 Å². The number of benzene rings is 1. The Morgan fingerprint density at radius 2 is 1.88 bits per heavy atom. The number of anilines is 1. The summed E-state index contributed by atoms with van der Waals surface area (Å²) in [5, 5.41) is 9.36. The molecule has 0 amide bonds. The first-order chi connectivity index (χ1) is 7.93. The largest absolute Gasteiger partial charge is 0.384 e. The molecule has 1 aromatic rings. The van der Waals surface area contributed by atoms with Crippen LogP contribution in [0.1, 0.15) is 11.5 Å². The van der Waals surface area contributed by atoms with E-state index < -0.39 is 29.4 Å². The molecule has 17 heavy (non-hydrogen) atoms. The standard InChI is InChI=1S/C12H12FNO3/c1-14(2)6-3-4-7(8(13)5-6)9-10(15)12(17)11(9)16/h3-5,9-10,15H,1-2H3. The molecule has 2 atom stereocenters. The van der Waals surface area contributed by atoms with Gasteiger partial charge in [0.25, 0.3) is 0 Å². The Labute approximate surface area is 97.7 Å². The number of ketones is 2.